The van der Waals surface area contributed by atoms with Gasteiger partial charge in [0, 0.05) is 20.6 Å². The fourth-order valence-electron chi connectivity index (χ4n) is 2.86. The van der Waals surface area contributed by atoms with Gasteiger partial charge in [0.1, 0.15) is 11.5 Å². The van der Waals surface area contributed by atoms with Gasteiger partial charge >= 0.3 is 6.09 Å². The molecule has 0 saturated carbocycles. The molecule has 7 heteroatoms. The van der Waals surface area contributed by atoms with Gasteiger partial charge in [-0.1, -0.05) is 63.0 Å². The van der Waals surface area contributed by atoms with Crippen LogP contribution in [0.1, 0.15) is 22.9 Å². The van der Waals surface area contributed by atoms with Crippen molar-refractivity contribution in [2.24, 2.45) is 0 Å². The van der Waals surface area contributed by atoms with E-state index < -0.39 is 12.1 Å². The normalized spacial score (nSPS) is 12.0. The zero-order valence-electron chi connectivity index (χ0n) is 13.9. The first-order valence-corrected chi connectivity index (χ1v) is 9.07. The van der Waals surface area contributed by atoms with Gasteiger partial charge in [-0.25, -0.2) is 4.79 Å². The van der Waals surface area contributed by atoms with Crippen LogP contribution in [0.3, 0.4) is 0 Å². The Morgan fingerprint density at radius 1 is 1.27 bits per heavy atom. The van der Waals surface area contributed by atoms with Crippen LogP contribution >= 0.6 is 27.5 Å². The Bertz CT molecular complexity index is 925. The molecule has 0 bridgehead atoms. The number of nitrogens with zero attached hydrogens (tertiary/aromatic N) is 1. The molecule has 5 nitrogen and oxygen atoms in total. The van der Waals surface area contributed by atoms with Crippen molar-refractivity contribution in [1.82, 2.24) is 10.5 Å². The lowest BCUT2D eigenvalue weighted by molar-refractivity contribution is 0.189. The monoisotopic (exact) mass is 434 g/mol. The number of aryl methyl sites for hydroxylation is 1. The first-order valence-electron chi connectivity index (χ1n) is 7.90. The molecule has 0 aliphatic heterocycles. The van der Waals surface area contributed by atoms with E-state index >= 15 is 0 Å². The van der Waals surface area contributed by atoms with Gasteiger partial charge in [-0.3, -0.25) is 0 Å². The van der Waals surface area contributed by atoms with Crippen LogP contribution in [0.2, 0.25) is 5.02 Å². The summed E-state index contributed by atoms with van der Waals surface area (Å²) in [4.78, 5) is 11.4. The van der Waals surface area contributed by atoms with Crippen molar-refractivity contribution >= 4 is 33.6 Å². The molecule has 0 aliphatic rings. The van der Waals surface area contributed by atoms with E-state index in [1.165, 1.54) is 0 Å². The molecule has 26 heavy (non-hydrogen) atoms. The fraction of sp³-hybridized carbons (Fsp3) is 0.158. The highest BCUT2D eigenvalue weighted by atomic mass is 79.9. The molecule has 1 amide bonds. The maximum Gasteiger partial charge on any atom is 0.405 e. The molecular formula is C19H16BrClN2O3. The lowest BCUT2D eigenvalue weighted by Crippen LogP contribution is -2.29. The predicted octanol–water partition coefficient (Wildman–Crippen LogP) is 5.62. The van der Waals surface area contributed by atoms with Crippen LogP contribution in [-0.2, 0) is 6.42 Å². The summed E-state index contributed by atoms with van der Waals surface area (Å²) < 4.78 is 6.33. The van der Waals surface area contributed by atoms with E-state index in [-0.39, 0.29) is 0 Å². The molecule has 0 spiro atoms. The summed E-state index contributed by atoms with van der Waals surface area (Å²) in [6, 6.07) is 14.4. The van der Waals surface area contributed by atoms with Crippen LogP contribution in [-0.4, -0.2) is 16.4 Å². The fourth-order valence-corrected chi connectivity index (χ4v) is 3.34. The van der Waals surface area contributed by atoms with Gasteiger partial charge < -0.3 is 14.9 Å². The van der Waals surface area contributed by atoms with Gasteiger partial charge in [0.05, 0.1) is 6.04 Å². The molecule has 2 aromatic carbocycles. The largest absolute Gasteiger partial charge is 0.465 e. The highest BCUT2D eigenvalue weighted by Crippen LogP contribution is 2.33. The van der Waals surface area contributed by atoms with Gasteiger partial charge in [-0.2, -0.15) is 0 Å². The Hall–Kier alpha value is -2.31. The second-order valence-corrected chi connectivity index (χ2v) is 7.13. The Labute approximate surface area is 164 Å². The number of carbonyl (C=O) groups is 1. The summed E-state index contributed by atoms with van der Waals surface area (Å²) in [5.41, 5.74) is 3.00. The second-order valence-electron chi connectivity index (χ2n) is 5.81. The van der Waals surface area contributed by atoms with Crippen molar-refractivity contribution in [2.75, 3.05) is 0 Å². The number of benzene rings is 2. The summed E-state index contributed by atoms with van der Waals surface area (Å²) in [5.74, 6) is 0.564. The average molecular weight is 436 g/mol. The summed E-state index contributed by atoms with van der Waals surface area (Å²) in [6.45, 7) is 1.77. The third-order valence-corrected chi connectivity index (χ3v) is 4.95. The molecule has 3 aromatic rings. The minimum absolute atomic E-state index is 0.386. The van der Waals surface area contributed by atoms with E-state index in [9.17, 15) is 9.90 Å². The van der Waals surface area contributed by atoms with Gasteiger partial charge in [0.15, 0.2) is 0 Å². The van der Waals surface area contributed by atoms with E-state index in [2.05, 4.69) is 26.4 Å². The SMILES string of the molecule is Cc1onc(-c2ccc(Br)cc2)c1[C@@H](Cc1ccccc1Cl)NC(=O)O. The third-order valence-electron chi connectivity index (χ3n) is 4.05. The molecule has 0 fully saturated rings. The number of nitrogens with one attached hydrogen (secondary N) is 1. The van der Waals surface area contributed by atoms with Crippen molar-refractivity contribution in [3.05, 3.63) is 74.9 Å². The van der Waals surface area contributed by atoms with Crippen LogP contribution < -0.4 is 5.32 Å². The van der Waals surface area contributed by atoms with Gasteiger partial charge in [-0.05, 0) is 37.1 Å². The van der Waals surface area contributed by atoms with Crippen LogP contribution in [0.25, 0.3) is 11.3 Å². The average Bonchev–Trinajstić information content (AvgIpc) is 2.98. The number of hydrogen-bond acceptors (Lipinski definition) is 3. The van der Waals surface area contributed by atoms with Crippen LogP contribution in [0, 0.1) is 6.92 Å². The first kappa shape index (κ1) is 18.5. The molecule has 1 heterocycles. The molecule has 2 N–H and O–H groups in total. The number of halogens is 2. The summed E-state index contributed by atoms with van der Waals surface area (Å²) >= 11 is 9.67. The molecular weight excluding hydrogens is 420 g/mol. The van der Waals surface area contributed by atoms with Crippen LogP contribution in [0.4, 0.5) is 4.79 Å². The van der Waals surface area contributed by atoms with E-state index in [0.29, 0.717) is 28.5 Å². The standard InChI is InChI=1S/C19H16BrClN2O3/c1-11-17(18(23-26-11)12-6-8-14(20)9-7-12)16(22-19(24)25)10-13-4-2-3-5-15(13)21/h2-9,16,22H,10H2,1H3,(H,24,25)/t16-/m1/s1. The quantitative estimate of drug-likeness (QED) is 0.545. The molecule has 1 atom stereocenters. The smallest absolute Gasteiger partial charge is 0.405 e. The molecule has 0 radical (unpaired) electrons. The summed E-state index contributed by atoms with van der Waals surface area (Å²) in [5, 5.41) is 16.6. The van der Waals surface area contributed by atoms with Gasteiger partial charge in [-0.15, -0.1) is 0 Å². The van der Waals surface area contributed by atoms with E-state index in [4.69, 9.17) is 16.1 Å². The Morgan fingerprint density at radius 2 is 1.96 bits per heavy atom. The van der Waals surface area contributed by atoms with Crippen molar-refractivity contribution in [1.29, 1.82) is 0 Å². The number of carboxylic acid groups (broad SMARTS) is 1. The molecule has 134 valence electrons. The second kappa shape index (κ2) is 7.93. The third kappa shape index (κ3) is 4.08. The van der Waals surface area contributed by atoms with Crippen LogP contribution in [0.5, 0.6) is 0 Å². The lowest BCUT2D eigenvalue weighted by Gasteiger charge is -2.18. The minimum atomic E-state index is -1.12. The van der Waals surface area contributed by atoms with Crippen molar-refractivity contribution in [3.63, 3.8) is 0 Å². The molecule has 0 aliphatic carbocycles. The van der Waals surface area contributed by atoms with Gasteiger partial charge in [0.25, 0.3) is 0 Å². The number of hydrogen-bond donors (Lipinski definition) is 2. The van der Waals surface area contributed by atoms with E-state index in [1.54, 1.807) is 13.0 Å². The maximum absolute atomic E-state index is 11.4. The Kier molecular flexibility index (Phi) is 5.64. The van der Waals surface area contributed by atoms with Crippen molar-refractivity contribution in [3.8, 4) is 11.3 Å². The van der Waals surface area contributed by atoms with Crippen molar-refractivity contribution in [2.45, 2.75) is 19.4 Å². The minimum Gasteiger partial charge on any atom is -0.465 e. The van der Waals surface area contributed by atoms with E-state index in [1.807, 2.05) is 42.5 Å². The van der Waals surface area contributed by atoms with E-state index in [0.717, 1.165) is 15.6 Å². The number of amides is 1. The molecule has 3 rings (SSSR count). The Balaban J connectivity index is 2.04. The summed E-state index contributed by atoms with van der Waals surface area (Å²) in [7, 11) is 0. The highest BCUT2D eigenvalue weighted by molar-refractivity contribution is 9.10. The lowest BCUT2D eigenvalue weighted by atomic mass is 9.95. The zero-order valence-corrected chi connectivity index (χ0v) is 16.2. The van der Waals surface area contributed by atoms with Gasteiger partial charge in [0.2, 0.25) is 0 Å². The van der Waals surface area contributed by atoms with Crippen LogP contribution in [0.15, 0.2) is 57.5 Å². The first-order chi connectivity index (χ1) is 12.5. The number of rotatable bonds is 5. The molecule has 0 saturated heterocycles. The summed E-state index contributed by atoms with van der Waals surface area (Å²) in [6.07, 6.45) is -0.734. The highest BCUT2D eigenvalue weighted by Gasteiger charge is 2.26. The van der Waals surface area contributed by atoms with Crippen molar-refractivity contribution < 1.29 is 14.4 Å². The number of aromatic nitrogens is 1. The predicted molar refractivity (Wildman–Crippen MR) is 103 cm³/mol. The zero-order chi connectivity index (χ0) is 18.7. The maximum atomic E-state index is 11.4. The molecule has 0 unspecified atom stereocenters. The molecule has 1 aromatic heterocycles. The topological polar surface area (TPSA) is 75.4 Å². The Morgan fingerprint density at radius 3 is 2.62 bits per heavy atom.